The van der Waals surface area contributed by atoms with Gasteiger partial charge >= 0.3 is 5.97 Å². The van der Waals surface area contributed by atoms with Crippen LogP contribution in [0.1, 0.15) is 52.9 Å². The molecular formula is C14H27NO2. The first kappa shape index (κ1) is 14.5. The summed E-state index contributed by atoms with van der Waals surface area (Å²) in [5, 5.41) is 0. The maximum Gasteiger partial charge on any atom is 0.323 e. The summed E-state index contributed by atoms with van der Waals surface area (Å²) in [4.78, 5) is 14.2. The molecule has 1 atom stereocenters. The van der Waals surface area contributed by atoms with E-state index in [-0.39, 0.29) is 12.0 Å². The van der Waals surface area contributed by atoms with Gasteiger partial charge in [0.2, 0.25) is 0 Å². The van der Waals surface area contributed by atoms with Crippen LogP contribution in [-0.4, -0.2) is 36.6 Å². The number of likely N-dealkylation sites (tertiary alicyclic amines) is 1. The summed E-state index contributed by atoms with van der Waals surface area (Å²) in [6.45, 7) is 8.97. The maximum atomic E-state index is 11.8. The standard InChI is InChI=1S/C14H27NO2/c1-4-17-14(16)13-9-5-6-10-15(13)11-7-8-12(2)3/h12-13H,4-11H2,1-3H3. The Morgan fingerprint density at radius 2 is 2.18 bits per heavy atom. The van der Waals surface area contributed by atoms with Gasteiger partial charge in [-0.25, -0.2) is 0 Å². The summed E-state index contributed by atoms with van der Waals surface area (Å²) in [6, 6.07) is 0.0239. The first-order valence-corrected chi connectivity index (χ1v) is 7.05. The lowest BCUT2D eigenvalue weighted by Gasteiger charge is -2.34. The van der Waals surface area contributed by atoms with E-state index in [9.17, 15) is 4.79 Å². The zero-order chi connectivity index (χ0) is 12.7. The minimum absolute atomic E-state index is 0.0169. The van der Waals surface area contributed by atoms with E-state index in [0.29, 0.717) is 6.61 Å². The van der Waals surface area contributed by atoms with E-state index < -0.39 is 0 Å². The SMILES string of the molecule is CCOC(=O)C1CCCCN1CCCC(C)C. The quantitative estimate of drug-likeness (QED) is 0.670. The lowest BCUT2D eigenvalue weighted by atomic mass is 10.0. The van der Waals surface area contributed by atoms with E-state index in [1.807, 2.05) is 6.92 Å². The molecule has 0 saturated carbocycles. The van der Waals surface area contributed by atoms with Gasteiger partial charge in [-0.1, -0.05) is 20.3 Å². The molecule has 0 aromatic carbocycles. The summed E-state index contributed by atoms with van der Waals surface area (Å²) in [5.41, 5.74) is 0. The van der Waals surface area contributed by atoms with Crippen LogP contribution in [0.25, 0.3) is 0 Å². The summed E-state index contributed by atoms with van der Waals surface area (Å²) in [6.07, 6.45) is 5.78. The van der Waals surface area contributed by atoms with E-state index in [1.165, 1.54) is 19.3 Å². The molecule has 0 aromatic rings. The van der Waals surface area contributed by atoms with Crippen LogP contribution < -0.4 is 0 Å². The number of piperidine rings is 1. The Morgan fingerprint density at radius 3 is 2.82 bits per heavy atom. The number of hydrogen-bond acceptors (Lipinski definition) is 3. The summed E-state index contributed by atoms with van der Waals surface area (Å²) in [7, 11) is 0. The van der Waals surface area contributed by atoms with Crippen molar-refractivity contribution in [1.82, 2.24) is 4.90 Å². The molecule has 0 N–H and O–H groups in total. The van der Waals surface area contributed by atoms with Gasteiger partial charge in [-0.2, -0.15) is 0 Å². The molecule has 1 heterocycles. The number of hydrogen-bond donors (Lipinski definition) is 0. The maximum absolute atomic E-state index is 11.8. The van der Waals surface area contributed by atoms with Crippen LogP contribution in [0.3, 0.4) is 0 Å². The molecule has 0 bridgehead atoms. The van der Waals surface area contributed by atoms with Crippen molar-refractivity contribution in [3.63, 3.8) is 0 Å². The number of carbonyl (C=O) groups excluding carboxylic acids is 1. The highest BCUT2D eigenvalue weighted by molar-refractivity contribution is 5.75. The van der Waals surface area contributed by atoms with E-state index in [0.717, 1.165) is 31.8 Å². The average Bonchev–Trinajstić information content (AvgIpc) is 2.29. The molecule has 100 valence electrons. The second-order valence-electron chi connectivity index (χ2n) is 5.34. The number of rotatable bonds is 6. The first-order valence-electron chi connectivity index (χ1n) is 7.05. The van der Waals surface area contributed by atoms with Gasteiger partial charge < -0.3 is 4.74 Å². The van der Waals surface area contributed by atoms with Gasteiger partial charge in [0.05, 0.1) is 6.61 Å². The third-order valence-corrected chi connectivity index (χ3v) is 3.40. The minimum atomic E-state index is -0.0169. The molecule has 1 saturated heterocycles. The predicted molar refractivity (Wildman–Crippen MR) is 69.9 cm³/mol. The summed E-state index contributed by atoms with van der Waals surface area (Å²) >= 11 is 0. The van der Waals surface area contributed by atoms with Gasteiger partial charge in [-0.15, -0.1) is 0 Å². The lowest BCUT2D eigenvalue weighted by Crippen LogP contribution is -2.45. The minimum Gasteiger partial charge on any atom is -0.465 e. The van der Waals surface area contributed by atoms with Crippen LogP contribution in [0.2, 0.25) is 0 Å². The van der Waals surface area contributed by atoms with Crippen LogP contribution in [0.4, 0.5) is 0 Å². The molecule has 0 aliphatic carbocycles. The second-order valence-corrected chi connectivity index (χ2v) is 5.34. The molecule has 0 amide bonds. The number of nitrogens with zero attached hydrogens (tertiary/aromatic N) is 1. The zero-order valence-electron chi connectivity index (χ0n) is 11.6. The molecule has 0 spiro atoms. The molecule has 0 aromatic heterocycles. The van der Waals surface area contributed by atoms with Crippen LogP contribution >= 0.6 is 0 Å². The van der Waals surface area contributed by atoms with Crippen LogP contribution in [0, 0.1) is 5.92 Å². The average molecular weight is 241 g/mol. The Bertz CT molecular complexity index is 228. The van der Waals surface area contributed by atoms with Crippen LogP contribution in [0.15, 0.2) is 0 Å². The molecule has 1 aliphatic rings. The fourth-order valence-electron chi connectivity index (χ4n) is 2.47. The van der Waals surface area contributed by atoms with Crippen molar-refractivity contribution in [2.45, 2.75) is 58.9 Å². The van der Waals surface area contributed by atoms with Gasteiger partial charge in [-0.3, -0.25) is 9.69 Å². The molecule has 1 unspecified atom stereocenters. The van der Waals surface area contributed by atoms with Crippen LogP contribution in [0.5, 0.6) is 0 Å². The monoisotopic (exact) mass is 241 g/mol. The van der Waals surface area contributed by atoms with E-state index in [4.69, 9.17) is 4.74 Å². The van der Waals surface area contributed by atoms with Gasteiger partial charge in [0.15, 0.2) is 0 Å². The largest absolute Gasteiger partial charge is 0.465 e. The number of ether oxygens (including phenoxy) is 1. The molecule has 1 rings (SSSR count). The highest BCUT2D eigenvalue weighted by Gasteiger charge is 2.29. The Morgan fingerprint density at radius 1 is 1.41 bits per heavy atom. The second kappa shape index (κ2) is 7.70. The Balaban J connectivity index is 2.39. The van der Waals surface area contributed by atoms with Gasteiger partial charge in [0.1, 0.15) is 6.04 Å². The highest BCUT2D eigenvalue weighted by Crippen LogP contribution is 2.19. The molecule has 1 fully saturated rings. The van der Waals surface area contributed by atoms with Crippen molar-refractivity contribution in [1.29, 1.82) is 0 Å². The first-order chi connectivity index (χ1) is 8.15. The van der Waals surface area contributed by atoms with Gasteiger partial charge in [0, 0.05) is 0 Å². The van der Waals surface area contributed by atoms with E-state index in [2.05, 4.69) is 18.7 Å². The van der Waals surface area contributed by atoms with Crippen molar-refractivity contribution in [3.8, 4) is 0 Å². The third-order valence-electron chi connectivity index (χ3n) is 3.40. The third kappa shape index (κ3) is 5.07. The van der Waals surface area contributed by atoms with E-state index >= 15 is 0 Å². The van der Waals surface area contributed by atoms with Crippen molar-refractivity contribution in [2.75, 3.05) is 19.7 Å². The normalized spacial score (nSPS) is 21.8. The number of carbonyl (C=O) groups is 1. The molecule has 0 radical (unpaired) electrons. The molecule has 3 heteroatoms. The van der Waals surface area contributed by atoms with E-state index in [1.54, 1.807) is 0 Å². The zero-order valence-corrected chi connectivity index (χ0v) is 11.6. The molecule has 1 aliphatic heterocycles. The van der Waals surface area contributed by atoms with Crippen LogP contribution in [-0.2, 0) is 9.53 Å². The smallest absolute Gasteiger partial charge is 0.323 e. The Labute approximate surface area is 106 Å². The fourth-order valence-corrected chi connectivity index (χ4v) is 2.47. The number of esters is 1. The molecule has 17 heavy (non-hydrogen) atoms. The van der Waals surface area contributed by atoms with Gasteiger partial charge in [0.25, 0.3) is 0 Å². The predicted octanol–water partition coefficient (Wildman–Crippen LogP) is 2.84. The summed E-state index contributed by atoms with van der Waals surface area (Å²) in [5.74, 6) is 0.734. The van der Waals surface area contributed by atoms with Gasteiger partial charge in [-0.05, 0) is 51.6 Å². The van der Waals surface area contributed by atoms with Crippen molar-refractivity contribution >= 4 is 5.97 Å². The van der Waals surface area contributed by atoms with Crippen molar-refractivity contribution in [3.05, 3.63) is 0 Å². The Hall–Kier alpha value is -0.570. The molecule has 3 nitrogen and oxygen atoms in total. The van der Waals surface area contributed by atoms with Crippen molar-refractivity contribution in [2.24, 2.45) is 5.92 Å². The molecular weight excluding hydrogens is 214 g/mol. The fraction of sp³-hybridized carbons (Fsp3) is 0.929. The highest BCUT2D eigenvalue weighted by atomic mass is 16.5. The summed E-state index contributed by atoms with van der Waals surface area (Å²) < 4.78 is 5.16. The topological polar surface area (TPSA) is 29.5 Å². The van der Waals surface area contributed by atoms with Crippen molar-refractivity contribution < 1.29 is 9.53 Å². The lowest BCUT2D eigenvalue weighted by molar-refractivity contribution is -0.150. The Kier molecular flexibility index (Phi) is 6.56.